The van der Waals surface area contributed by atoms with E-state index in [4.69, 9.17) is 4.74 Å². The number of hydrogen-bond acceptors (Lipinski definition) is 6. The second kappa shape index (κ2) is 10.9. The van der Waals surface area contributed by atoms with Crippen LogP contribution in [0.3, 0.4) is 0 Å². The lowest BCUT2D eigenvalue weighted by atomic mass is 9.96. The van der Waals surface area contributed by atoms with Gasteiger partial charge >= 0.3 is 5.97 Å². The summed E-state index contributed by atoms with van der Waals surface area (Å²) in [7, 11) is 1.26. The number of phenols is 1. The van der Waals surface area contributed by atoms with Gasteiger partial charge in [-0.05, 0) is 60.9 Å². The third kappa shape index (κ3) is 5.04. The largest absolute Gasteiger partial charge is 0.508 e. The lowest BCUT2D eigenvalue weighted by Gasteiger charge is -2.25. The van der Waals surface area contributed by atoms with Crippen molar-refractivity contribution in [3.05, 3.63) is 88.3 Å². The Morgan fingerprint density at radius 1 is 1.08 bits per heavy atom. The molecule has 1 fully saturated rings. The summed E-state index contributed by atoms with van der Waals surface area (Å²) in [4.78, 5) is 43.9. The number of benzene rings is 2. The lowest BCUT2D eigenvalue weighted by Crippen LogP contribution is -2.43. The molecule has 2 N–H and O–H groups in total. The molecule has 0 aliphatic heterocycles. The van der Waals surface area contributed by atoms with Crippen LogP contribution in [0.15, 0.2) is 71.7 Å². The predicted octanol–water partition coefficient (Wildman–Crippen LogP) is 3.91. The molecule has 2 aromatic heterocycles. The number of aromatic nitrogens is 3. The van der Waals surface area contributed by atoms with Gasteiger partial charge in [0.2, 0.25) is 0 Å². The van der Waals surface area contributed by atoms with Crippen molar-refractivity contribution in [2.75, 3.05) is 7.11 Å². The van der Waals surface area contributed by atoms with E-state index in [1.165, 1.54) is 19.2 Å². The number of amides is 1. The van der Waals surface area contributed by atoms with Crippen molar-refractivity contribution in [1.29, 1.82) is 0 Å². The van der Waals surface area contributed by atoms with Gasteiger partial charge < -0.3 is 15.2 Å². The van der Waals surface area contributed by atoms with Gasteiger partial charge in [-0.25, -0.2) is 19.1 Å². The Labute approximate surface area is 219 Å². The molecule has 38 heavy (non-hydrogen) atoms. The zero-order valence-corrected chi connectivity index (χ0v) is 21.2. The Morgan fingerprint density at radius 3 is 2.53 bits per heavy atom. The number of fused-ring (bicyclic) bond motifs is 1. The zero-order chi connectivity index (χ0) is 26.6. The molecule has 4 aromatic rings. The number of carbonyl (C=O) groups is 2. The van der Waals surface area contributed by atoms with E-state index in [2.05, 4.69) is 10.3 Å². The van der Waals surface area contributed by atoms with Crippen molar-refractivity contribution in [1.82, 2.24) is 19.7 Å². The van der Waals surface area contributed by atoms with E-state index in [0.717, 1.165) is 37.7 Å². The van der Waals surface area contributed by atoms with Gasteiger partial charge in [0.25, 0.3) is 11.5 Å². The third-order valence-corrected chi connectivity index (χ3v) is 7.09. The molecule has 9 nitrogen and oxygen atoms in total. The van der Waals surface area contributed by atoms with E-state index in [0.29, 0.717) is 16.7 Å². The molecular formula is C29H30N4O5. The number of nitrogens with one attached hydrogen (secondary N) is 1. The van der Waals surface area contributed by atoms with Crippen molar-refractivity contribution >= 4 is 22.8 Å². The van der Waals surface area contributed by atoms with Crippen LogP contribution in [0, 0.1) is 0 Å². The first kappa shape index (κ1) is 25.3. The number of ether oxygens (including phenoxy) is 1. The van der Waals surface area contributed by atoms with E-state index in [1.54, 1.807) is 41.2 Å². The van der Waals surface area contributed by atoms with E-state index < -0.39 is 17.9 Å². The third-order valence-electron chi connectivity index (χ3n) is 7.09. The van der Waals surface area contributed by atoms with Gasteiger partial charge in [0, 0.05) is 18.2 Å². The van der Waals surface area contributed by atoms with Gasteiger partial charge in [0.05, 0.1) is 24.1 Å². The Bertz CT molecular complexity index is 1500. The smallest absolute Gasteiger partial charge is 0.328 e. The molecule has 1 amide bonds. The Hall–Kier alpha value is -4.40. The SMILES string of the molecule is COC(=O)[C@H](Cc1ccc(O)cc1)NC(=O)c1ccc2c(c1)c(=O)n(C1CCCCC1)n2-c1ccccn1. The molecule has 1 atom stereocenters. The van der Waals surface area contributed by atoms with Crippen LogP contribution in [0.25, 0.3) is 16.7 Å². The topological polar surface area (TPSA) is 115 Å². The number of aromatic hydroxyl groups is 1. The molecule has 0 spiro atoms. The van der Waals surface area contributed by atoms with Crippen LogP contribution in [0.5, 0.6) is 5.75 Å². The molecule has 2 heterocycles. The quantitative estimate of drug-likeness (QED) is 0.361. The van der Waals surface area contributed by atoms with E-state index in [-0.39, 0.29) is 29.3 Å². The van der Waals surface area contributed by atoms with Crippen molar-refractivity contribution in [3.63, 3.8) is 0 Å². The fourth-order valence-electron chi connectivity index (χ4n) is 5.18. The summed E-state index contributed by atoms with van der Waals surface area (Å²) in [5.41, 5.74) is 1.52. The number of nitrogens with zero attached hydrogens (tertiary/aromatic N) is 3. The van der Waals surface area contributed by atoms with Crippen LogP contribution >= 0.6 is 0 Å². The number of methoxy groups -OCH3 is 1. The average molecular weight is 515 g/mol. The van der Waals surface area contributed by atoms with Crippen molar-refractivity contribution in [2.24, 2.45) is 0 Å². The monoisotopic (exact) mass is 514 g/mol. The molecule has 0 saturated heterocycles. The number of rotatable bonds is 7. The predicted molar refractivity (Wildman–Crippen MR) is 143 cm³/mol. The number of carbonyl (C=O) groups excluding carboxylic acids is 2. The van der Waals surface area contributed by atoms with Crippen molar-refractivity contribution < 1.29 is 19.4 Å². The minimum atomic E-state index is -0.940. The maximum Gasteiger partial charge on any atom is 0.328 e. The highest BCUT2D eigenvalue weighted by molar-refractivity contribution is 6.00. The van der Waals surface area contributed by atoms with Crippen LogP contribution in [0.1, 0.15) is 54.1 Å². The number of phenolic OH excluding ortho intramolecular Hbond substituents is 1. The normalized spacial score (nSPS) is 14.8. The summed E-state index contributed by atoms with van der Waals surface area (Å²) in [5, 5.41) is 12.7. The summed E-state index contributed by atoms with van der Waals surface area (Å²) >= 11 is 0. The van der Waals surface area contributed by atoms with Gasteiger partial charge in [-0.3, -0.25) is 9.59 Å². The van der Waals surface area contributed by atoms with Crippen LogP contribution in [0.2, 0.25) is 0 Å². The molecule has 0 bridgehead atoms. The van der Waals surface area contributed by atoms with Gasteiger partial charge in [0.15, 0.2) is 5.82 Å². The molecule has 2 aromatic carbocycles. The maximum atomic E-state index is 13.7. The fourth-order valence-corrected chi connectivity index (χ4v) is 5.18. The minimum absolute atomic E-state index is 0.0527. The second-order valence-electron chi connectivity index (χ2n) is 9.59. The molecule has 1 aliphatic carbocycles. The highest BCUT2D eigenvalue weighted by Crippen LogP contribution is 2.30. The lowest BCUT2D eigenvalue weighted by molar-refractivity contribution is -0.142. The van der Waals surface area contributed by atoms with Crippen LogP contribution in [-0.2, 0) is 16.0 Å². The Morgan fingerprint density at radius 2 is 1.84 bits per heavy atom. The Kier molecular flexibility index (Phi) is 7.26. The van der Waals surface area contributed by atoms with Gasteiger partial charge in [-0.1, -0.05) is 37.5 Å². The Balaban J connectivity index is 1.50. The average Bonchev–Trinajstić information content (AvgIpc) is 3.25. The van der Waals surface area contributed by atoms with Crippen LogP contribution < -0.4 is 10.9 Å². The molecule has 196 valence electrons. The summed E-state index contributed by atoms with van der Waals surface area (Å²) in [6, 6.07) is 16.1. The van der Waals surface area contributed by atoms with Gasteiger partial charge in [-0.15, -0.1) is 0 Å². The van der Waals surface area contributed by atoms with Crippen molar-refractivity contribution in [2.45, 2.75) is 50.6 Å². The summed E-state index contributed by atoms with van der Waals surface area (Å²) in [5.74, 6) is -0.331. The van der Waals surface area contributed by atoms with Crippen molar-refractivity contribution in [3.8, 4) is 11.6 Å². The van der Waals surface area contributed by atoms with Gasteiger partial charge in [0.1, 0.15) is 11.8 Å². The maximum absolute atomic E-state index is 13.7. The first-order chi connectivity index (χ1) is 18.5. The fraction of sp³-hybridized carbons (Fsp3) is 0.310. The molecule has 9 heteroatoms. The first-order valence-corrected chi connectivity index (χ1v) is 12.8. The highest BCUT2D eigenvalue weighted by Gasteiger charge is 2.26. The second-order valence-corrected chi connectivity index (χ2v) is 9.59. The van der Waals surface area contributed by atoms with Gasteiger partial charge in [-0.2, -0.15) is 0 Å². The van der Waals surface area contributed by atoms with Crippen LogP contribution in [0.4, 0.5) is 0 Å². The summed E-state index contributed by atoms with van der Waals surface area (Å²) in [6.45, 7) is 0. The highest BCUT2D eigenvalue weighted by atomic mass is 16.5. The van der Waals surface area contributed by atoms with E-state index >= 15 is 0 Å². The van der Waals surface area contributed by atoms with E-state index in [1.807, 2.05) is 22.9 Å². The van der Waals surface area contributed by atoms with Crippen LogP contribution in [-0.4, -0.2) is 44.5 Å². The van der Waals surface area contributed by atoms with E-state index in [9.17, 15) is 19.5 Å². The standard InChI is InChI=1S/C29H30N4O5/c1-38-29(37)24(17-19-10-13-22(34)14-11-19)31-27(35)20-12-15-25-23(18-20)28(36)32(21-7-3-2-4-8-21)33(25)26-9-5-6-16-30-26/h5-6,9-16,18,21,24,34H,2-4,7-8,17H2,1H3,(H,31,35)/t24-/m0/s1. The summed E-state index contributed by atoms with van der Waals surface area (Å²) in [6.07, 6.45) is 6.98. The molecule has 0 unspecified atom stereocenters. The molecular weight excluding hydrogens is 484 g/mol. The summed E-state index contributed by atoms with van der Waals surface area (Å²) < 4.78 is 8.55. The molecule has 0 radical (unpaired) electrons. The molecule has 1 saturated carbocycles. The molecule has 5 rings (SSSR count). The molecule has 1 aliphatic rings. The zero-order valence-electron chi connectivity index (χ0n) is 21.2. The first-order valence-electron chi connectivity index (χ1n) is 12.8. The number of hydrogen-bond donors (Lipinski definition) is 2. The number of pyridine rings is 1. The minimum Gasteiger partial charge on any atom is -0.508 e. The number of esters is 1.